The first-order valence-corrected chi connectivity index (χ1v) is 11.0. The smallest absolute Gasteiger partial charge is 0.271 e. The first kappa shape index (κ1) is 23.4. The lowest BCUT2D eigenvalue weighted by molar-refractivity contribution is 0.0955. The number of amides is 1. The Bertz CT molecular complexity index is 1050. The van der Waals surface area contributed by atoms with Gasteiger partial charge < -0.3 is 14.5 Å². The summed E-state index contributed by atoms with van der Waals surface area (Å²) < 4.78 is 5.67. The quantitative estimate of drug-likeness (QED) is 0.496. The standard InChI is InChI=1S/C26H34N4O2/c1-8-12-30-23-15-24(32-7)20(14-22(23)18(2)16-26(30,3)4)17-27-28-25(31)19-10-9-11-21(13-19)29(5)6/h9-11,13-17H,8,12H2,1-7H3,(H,28,31)/b27-17-. The molecular formula is C26H34N4O2. The zero-order valence-electron chi connectivity index (χ0n) is 20.2. The number of nitrogens with zero attached hydrogens (tertiary/aromatic N) is 3. The van der Waals surface area contributed by atoms with Gasteiger partial charge in [0, 0.05) is 54.8 Å². The van der Waals surface area contributed by atoms with Crippen LogP contribution in [0.3, 0.4) is 0 Å². The molecule has 0 unspecified atom stereocenters. The largest absolute Gasteiger partial charge is 0.496 e. The molecule has 0 atom stereocenters. The monoisotopic (exact) mass is 434 g/mol. The summed E-state index contributed by atoms with van der Waals surface area (Å²) in [6.45, 7) is 9.75. The molecule has 1 N–H and O–H groups in total. The topological polar surface area (TPSA) is 57.2 Å². The Labute approximate surface area is 191 Å². The van der Waals surface area contributed by atoms with Gasteiger partial charge in [0.15, 0.2) is 0 Å². The van der Waals surface area contributed by atoms with E-state index in [2.05, 4.69) is 61.3 Å². The molecule has 0 bridgehead atoms. The molecule has 1 aliphatic heterocycles. The summed E-state index contributed by atoms with van der Waals surface area (Å²) in [6, 6.07) is 11.6. The second-order valence-corrected chi connectivity index (χ2v) is 8.89. The maximum absolute atomic E-state index is 12.5. The van der Waals surface area contributed by atoms with Crippen LogP contribution in [0.25, 0.3) is 5.57 Å². The second-order valence-electron chi connectivity index (χ2n) is 8.89. The Kier molecular flexibility index (Phi) is 6.92. The van der Waals surface area contributed by atoms with E-state index in [-0.39, 0.29) is 11.4 Å². The summed E-state index contributed by atoms with van der Waals surface area (Å²) in [5, 5.41) is 4.21. The number of nitrogens with one attached hydrogen (secondary N) is 1. The molecule has 0 fully saturated rings. The second kappa shape index (κ2) is 9.47. The normalized spacial score (nSPS) is 14.7. The highest BCUT2D eigenvalue weighted by molar-refractivity contribution is 5.96. The highest BCUT2D eigenvalue weighted by Crippen LogP contribution is 2.41. The van der Waals surface area contributed by atoms with Crippen molar-refractivity contribution in [3.05, 3.63) is 59.2 Å². The van der Waals surface area contributed by atoms with Crippen molar-refractivity contribution >= 4 is 29.1 Å². The van der Waals surface area contributed by atoms with Crippen LogP contribution in [0.5, 0.6) is 5.75 Å². The maximum atomic E-state index is 12.5. The van der Waals surface area contributed by atoms with Crippen LogP contribution in [0, 0.1) is 0 Å². The third-order valence-corrected chi connectivity index (χ3v) is 5.77. The molecule has 0 aliphatic carbocycles. The van der Waals surface area contributed by atoms with Crippen LogP contribution in [0.15, 0.2) is 47.6 Å². The van der Waals surface area contributed by atoms with E-state index in [1.165, 1.54) is 5.57 Å². The van der Waals surface area contributed by atoms with E-state index < -0.39 is 0 Å². The molecule has 1 amide bonds. The zero-order valence-corrected chi connectivity index (χ0v) is 20.2. The fraction of sp³-hybridized carbons (Fsp3) is 0.385. The number of allylic oxidation sites excluding steroid dienone is 1. The van der Waals surface area contributed by atoms with Gasteiger partial charge in [-0.2, -0.15) is 5.10 Å². The molecule has 0 aromatic heterocycles. The predicted octanol–water partition coefficient (Wildman–Crippen LogP) is 4.94. The maximum Gasteiger partial charge on any atom is 0.271 e. The van der Waals surface area contributed by atoms with Crippen molar-refractivity contribution in [1.29, 1.82) is 0 Å². The van der Waals surface area contributed by atoms with Crippen LogP contribution in [0.4, 0.5) is 11.4 Å². The number of anilines is 2. The van der Waals surface area contributed by atoms with Gasteiger partial charge in [-0.25, -0.2) is 5.43 Å². The van der Waals surface area contributed by atoms with E-state index in [4.69, 9.17) is 4.74 Å². The molecule has 1 heterocycles. The molecule has 2 aromatic carbocycles. The Hall–Kier alpha value is -3.28. The molecule has 6 heteroatoms. The van der Waals surface area contributed by atoms with E-state index in [1.54, 1.807) is 19.4 Å². The van der Waals surface area contributed by atoms with Crippen molar-refractivity contribution in [2.24, 2.45) is 5.10 Å². The molecule has 170 valence electrons. The molecule has 2 aromatic rings. The summed E-state index contributed by atoms with van der Waals surface area (Å²) in [6.07, 6.45) is 5.00. The molecule has 6 nitrogen and oxygen atoms in total. The summed E-state index contributed by atoms with van der Waals surface area (Å²) in [4.78, 5) is 16.9. The van der Waals surface area contributed by atoms with Crippen LogP contribution >= 0.6 is 0 Å². The first-order chi connectivity index (χ1) is 15.2. The average molecular weight is 435 g/mol. The molecular weight excluding hydrogens is 400 g/mol. The molecule has 0 radical (unpaired) electrons. The van der Waals surface area contributed by atoms with Gasteiger partial charge in [0.2, 0.25) is 0 Å². The van der Waals surface area contributed by atoms with Crippen molar-refractivity contribution in [3.63, 3.8) is 0 Å². The van der Waals surface area contributed by atoms with E-state index in [9.17, 15) is 4.79 Å². The number of fused-ring (bicyclic) bond motifs is 1. The van der Waals surface area contributed by atoms with Crippen LogP contribution in [0.2, 0.25) is 0 Å². The van der Waals surface area contributed by atoms with Crippen molar-refractivity contribution in [2.75, 3.05) is 37.5 Å². The molecule has 3 rings (SSSR count). The number of hydrogen-bond donors (Lipinski definition) is 1. The Morgan fingerprint density at radius 3 is 2.66 bits per heavy atom. The number of rotatable bonds is 7. The summed E-state index contributed by atoms with van der Waals surface area (Å²) in [5.74, 6) is 0.469. The minimum Gasteiger partial charge on any atom is -0.496 e. The van der Waals surface area contributed by atoms with Crippen molar-refractivity contribution in [2.45, 2.75) is 39.7 Å². The number of methoxy groups -OCH3 is 1. The summed E-state index contributed by atoms with van der Waals surface area (Å²) in [7, 11) is 5.54. The Morgan fingerprint density at radius 1 is 1.25 bits per heavy atom. The summed E-state index contributed by atoms with van der Waals surface area (Å²) in [5.41, 5.74) is 8.44. The number of hydrogen-bond acceptors (Lipinski definition) is 5. The van der Waals surface area contributed by atoms with Gasteiger partial charge in [-0.3, -0.25) is 4.79 Å². The van der Waals surface area contributed by atoms with Gasteiger partial charge in [-0.1, -0.05) is 19.1 Å². The first-order valence-electron chi connectivity index (χ1n) is 11.0. The third kappa shape index (κ3) is 4.79. The van der Waals surface area contributed by atoms with Gasteiger partial charge in [-0.05, 0) is 57.0 Å². The fourth-order valence-electron chi connectivity index (χ4n) is 4.18. The van der Waals surface area contributed by atoms with E-state index in [0.717, 1.165) is 41.2 Å². The molecule has 0 spiro atoms. The highest BCUT2D eigenvalue weighted by atomic mass is 16.5. The highest BCUT2D eigenvalue weighted by Gasteiger charge is 2.31. The van der Waals surface area contributed by atoms with Gasteiger partial charge in [0.05, 0.1) is 18.9 Å². The summed E-state index contributed by atoms with van der Waals surface area (Å²) >= 11 is 0. The molecule has 0 saturated carbocycles. The number of hydrazone groups is 1. The minimum atomic E-state index is -0.256. The number of carbonyl (C=O) groups is 1. The van der Waals surface area contributed by atoms with Crippen molar-refractivity contribution < 1.29 is 9.53 Å². The van der Waals surface area contributed by atoms with E-state index >= 15 is 0 Å². The minimum absolute atomic E-state index is 0.0667. The molecule has 32 heavy (non-hydrogen) atoms. The number of benzene rings is 2. The van der Waals surface area contributed by atoms with Crippen LogP contribution in [-0.2, 0) is 0 Å². The zero-order chi connectivity index (χ0) is 23.5. The van der Waals surface area contributed by atoms with Crippen molar-refractivity contribution in [3.8, 4) is 5.75 Å². The van der Waals surface area contributed by atoms with Gasteiger partial charge in [-0.15, -0.1) is 0 Å². The Morgan fingerprint density at radius 2 is 2.00 bits per heavy atom. The van der Waals surface area contributed by atoms with Crippen molar-refractivity contribution in [1.82, 2.24) is 5.43 Å². The molecule has 1 aliphatic rings. The lowest BCUT2D eigenvalue weighted by atomic mass is 9.87. The third-order valence-electron chi connectivity index (χ3n) is 5.77. The van der Waals surface area contributed by atoms with Crippen LogP contribution < -0.4 is 20.0 Å². The SMILES string of the molecule is CCCN1c2cc(OC)c(/C=N\NC(=O)c3cccc(N(C)C)c3)cc2C(C)=CC1(C)C. The van der Waals surface area contributed by atoms with Crippen LogP contribution in [0.1, 0.15) is 55.6 Å². The van der Waals surface area contributed by atoms with E-state index in [0.29, 0.717) is 5.56 Å². The lowest BCUT2D eigenvalue weighted by Gasteiger charge is -2.43. The molecule has 0 saturated heterocycles. The van der Waals surface area contributed by atoms with Gasteiger partial charge in [0.25, 0.3) is 5.91 Å². The van der Waals surface area contributed by atoms with Gasteiger partial charge in [0.1, 0.15) is 5.75 Å². The lowest BCUT2D eigenvalue weighted by Crippen LogP contribution is -2.45. The number of carbonyl (C=O) groups excluding carboxylic acids is 1. The average Bonchev–Trinajstić information content (AvgIpc) is 2.76. The number of ether oxygens (including phenoxy) is 1. The van der Waals surface area contributed by atoms with E-state index in [1.807, 2.05) is 37.2 Å². The van der Waals surface area contributed by atoms with Gasteiger partial charge >= 0.3 is 0 Å². The Balaban J connectivity index is 1.88. The van der Waals surface area contributed by atoms with Crippen LogP contribution in [-0.4, -0.2) is 45.4 Å². The predicted molar refractivity (Wildman–Crippen MR) is 134 cm³/mol. The fourth-order valence-corrected chi connectivity index (χ4v) is 4.18.